The van der Waals surface area contributed by atoms with E-state index in [4.69, 9.17) is 5.73 Å². The lowest BCUT2D eigenvalue weighted by Gasteiger charge is -2.35. The summed E-state index contributed by atoms with van der Waals surface area (Å²) in [5.74, 6) is 3.54. The maximum absolute atomic E-state index is 5.97. The van der Waals surface area contributed by atoms with Crippen molar-refractivity contribution in [3.8, 4) is 0 Å². The minimum absolute atomic E-state index is 0.649. The fourth-order valence-corrected chi connectivity index (χ4v) is 4.43. The molecule has 0 aromatic rings. The van der Waals surface area contributed by atoms with E-state index in [2.05, 4.69) is 23.7 Å². The van der Waals surface area contributed by atoms with Gasteiger partial charge in [-0.05, 0) is 38.0 Å². The lowest BCUT2D eigenvalue weighted by Crippen LogP contribution is -2.48. The van der Waals surface area contributed by atoms with Crippen LogP contribution in [0.2, 0.25) is 0 Å². The van der Waals surface area contributed by atoms with Crippen molar-refractivity contribution in [2.75, 3.05) is 25.1 Å². The maximum Gasteiger partial charge on any atom is 0.0246 e. The van der Waals surface area contributed by atoms with E-state index in [1.807, 2.05) is 0 Å². The summed E-state index contributed by atoms with van der Waals surface area (Å²) in [4.78, 5) is 2.59. The third kappa shape index (κ3) is 2.69. The largest absolute Gasteiger partial charge is 0.329 e. The van der Waals surface area contributed by atoms with E-state index in [-0.39, 0.29) is 0 Å². The highest BCUT2D eigenvalue weighted by molar-refractivity contribution is 7.99. The number of rotatable bonds is 4. The Kier molecular flexibility index (Phi) is 4.35. The summed E-state index contributed by atoms with van der Waals surface area (Å²) in [6, 6.07) is 1.44. The molecular formula is C12H24N2S. The van der Waals surface area contributed by atoms with Gasteiger partial charge in [0.2, 0.25) is 0 Å². The summed E-state index contributed by atoms with van der Waals surface area (Å²) in [5, 5.41) is 0. The van der Waals surface area contributed by atoms with Gasteiger partial charge in [-0.15, -0.1) is 0 Å². The fourth-order valence-electron chi connectivity index (χ4n) is 3.15. The Morgan fingerprint density at radius 3 is 2.60 bits per heavy atom. The van der Waals surface area contributed by atoms with Gasteiger partial charge in [-0.2, -0.15) is 11.8 Å². The number of thioether (sulfide) groups is 1. The molecule has 0 bridgehead atoms. The van der Waals surface area contributed by atoms with Crippen LogP contribution in [0.1, 0.15) is 32.1 Å². The zero-order valence-corrected chi connectivity index (χ0v) is 10.6. The molecule has 1 heterocycles. The predicted molar refractivity (Wildman–Crippen MR) is 68.3 cm³/mol. The van der Waals surface area contributed by atoms with Crippen molar-refractivity contribution in [1.82, 2.24) is 4.90 Å². The summed E-state index contributed by atoms with van der Waals surface area (Å²) in [5.41, 5.74) is 5.97. The van der Waals surface area contributed by atoms with Crippen LogP contribution < -0.4 is 5.73 Å². The number of hydrogen-bond donors (Lipinski definition) is 1. The number of likely N-dealkylation sites (N-methyl/N-ethyl adjacent to an activating group) is 1. The Labute approximate surface area is 98.0 Å². The summed E-state index contributed by atoms with van der Waals surface area (Å²) in [7, 11) is 2.30. The molecular weight excluding hydrogens is 204 g/mol. The SMILES string of the molecule is CN(C1CCSC1)C(CN)C1CCCC1. The average molecular weight is 228 g/mol. The topological polar surface area (TPSA) is 29.3 Å². The number of hydrogen-bond acceptors (Lipinski definition) is 3. The van der Waals surface area contributed by atoms with Crippen molar-refractivity contribution in [3.05, 3.63) is 0 Å². The van der Waals surface area contributed by atoms with Crippen LogP contribution in [-0.2, 0) is 0 Å². The zero-order valence-electron chi connectivity index (χ0n) is 9.82. The first-order valence-electron chi connectivity index (χ1n) is 6.32. The van der Waals surface area contributed by atoms with Crippen LogP contribution in [0.4, 0.5) is 0 Å². The van der Waals surface area contributed by atoms with Crippen molar-refractivity contribution in [2.45, 2.75) is 44.2 Å². The second kappa shape index (κ2) is 5.55. The molecule has 1 saturated heterocycles. The Hall–Kier alpha value is 0.270. The van der Waals surface area contributed by atoms with Crippen molar-refractivity contribution < 1.29 is 0 Å². The molecule has 2 unspecified atom stereocenters. The highest BCUT2D eigenvalue weighted by atomic mass is 32.2. The third-order valence-electron chi connectivity index (χ3n) is 4.19. The molecule has 0 radical (unpaired) electrons. The van der Waals surface area contributed by atoms with Crippen LogP contribution >= 0.6 is 11.8 Å². The van der Waals surface area contributed by atoms with Crippen molar-refractivity contribution in [2.24, 2.45) is 11.7 Å². The van der Waals surface area contributed by atoms with Crippen molar-refractivity contribution in [1.29, 1.82) is 0 Å². The molecule has 2 aliphatic rings. The van der Waals surface area contributed by atoms with Crippen LogP contribution in [0.15, 0.2) is 0 Å². The van der Waals surface area contributed by atoms with E-state index >= 15 is 0 Å². The summed E-state index contributed by atoms with van der Waals surface area (Å²) in [6.07, 6.45) is 7.03. The molecule has 1 saturated carbocycles. The molecule has 2 fully saturated rings. The molecule has 2 nitrogen and oxygen atoms in total. The standard InChI is InChI=1S/C12H24N2S/c1-14(11-6-7-15-9-11)12(8-13)10-4-2-3-5-10/h10-12H,2-9,13H2,1H3. The van der Waals surface area contributed by atoms with Gasteiger partial charge in [0.1, 0.15) is 0 Å². The first-order chi connectivity index (χ1) is 7.33. The van der Waals surface area contributed by atoms with Crippen LogP contribution in [0.25, 0.3) is 0 Å². The van der Waals surface area contributed by atoms with Gasteiger partial charge in [-0.3, -0.25) is 4.90 Å². The summed E-state index contributed by atoms with van der Waals surface area (Å²) in [6.45, 7) is 0.850. The Bertz CT molecular complexity index is 186. The van der Waals surface area contributed by atoms with Crippen molar-refractivity contribution in [3.63, 3.8) is 0 Å². The fraction of sp³-hybridized carbons (Fsp3) is 1.00. The van der Waals surface area contributed by atoms with Gasteiger partial charge >= 0.3 is 0 Å². The Balaban J connectivity index is 1.91. The van der Waals surface area contributed by atoms with Gasteiger partial charge < -0.3 is 5.73 Å². The molecule has 0 amide bonds. The van der Waals surface area contributed by atoms with Gasteiger partial charge in [0.05, 0.1) is 0 Å². The molecule has 0 aromatic carbocycles. The van der Waals surface area contributed by atoms with Gasteiger partial charge in [0, 0.05) is 24.4 Å². The molecule has 1 aliphatic carbocycles. The quantitative estimate of drug-likeness (QED) is 0.797. The highest BCUT2D eigenvalue weighted by Gasteiger charge is 2.31. The molecule has 3 heteroatoms. The van der Waals surface area contributed by atoms with Gasteiger partial charge in [-0.25, -0.2) is 0 Å². The minimum atomic E-state index is 0.649. The van der Waals surface area contributed by atoms with E-state index in [1.54, 1.807) is 0 Å². The smallest absolute Gasteiger partial charge is 0.0246 e. The first kappa shape index (κ1) is 11.7. The van der Waals surface area contributed by atoms with E-state index in [0.717, 1.165) is 18.5 Å². The van der Waals surface area contributed by atoms with Crippen molar-refractivity contribution >= 4 is 11.8 Å². The molecule has 1 aliphatic heterocycles. The van der Waals surface area contributed by atoms with Crippen LogP contribution in [0, 0.1) is 5.92 Å². The minimum Gasteiger partial charge on any atom is -0.329 e. The summed E-state index contributed by atoms with van der Waals surface area (Å²) >= 11 is 2.10. The Morgan fingerprint density at radius 1 is 1.33 bits per heavy atom. The Morgan fingerprint density at radius 2 is 2.07 bits per heavy atom. The molecule has 2 atom stereocenters. The summed E-state index contributed by atoms with van der Waals surface area (Å²) < 4.78 is 0. The molecule has 0 aromatic heterocycles. The maximum atomic E-state index is 5.97. The number of nitrogens with zero attached hydrogens (tertiary/aromatic N) is 1. The van der Waals surface area contributed by atoms with Crippen LogP contribution in [-0.4, -0.2) is 42.1 Å². The molecule has 0 spiro atoms. The van der Waals surface area contributed by atoms with E-state index in [1.165, 1.54) is 43.6 Å². The van der Waals surface area contributed by atoms with Crippen LogP contribution in [0.3, 0.4) is 0 Å². The average Bonchev–Trinajstić information content (AvgIpc) is 2.91. The van der Waals surface area contributed by atoms with E-state index in [9.17, 15) is 0 Å². The third-order valence-corrected chi connectivity index (χ3v) is 5.34. The molecule has 15 heavy (non-hydrogen) atoms. The number of nitrogens with two attached hydrogens (primary N) is 1. The van der Waals surface area contributed by atoms with E-state index in [0.29, 0.717) is 6.04 Å². The lowest BCUT2D eigenvalue weighted by atomic mass is 9.95. The second-order valence-corrected chi connectivity index (χ2v) is 6.18. The van der Waals surface area contributed by atoms with E-state index < -0.39 is 0 Å². The second-order valence-electron chi connectivity index (χ2n) is 5.03. The van der Waals surface area contributed by atoms with Gasteiger partial charge in [0.25, 0.3) is 0 Å². The van der Waals surface area contributed by atoms with Crippen LogP contribution in [0.5, 0.6) is 0 Å². The normalized spacial score (nSPS) is 30.2. The molecule has 2 N–H and O–H groups in total. The lowest BCUT2D eigenvalue weighted by molar-refractivity contribution is 0.140. The van der Waals surface area contributed by atoms with Gasteiger partial charge in [0.15, 0.2) is 0 Å². The predicted octanol–water partition coefficient (Wildman–Crippen LogP) is 1.94. The first-order valence-corrected chi connectivity index (χ1v) is 7.48. The van der Waals surface area contributed by atoms with Gasteiger partial charge in [-0.1, -0.05) is 12.8 Å². The monoisotopic (exact) mass is 228 g/mol. The zero-order chi connectivity index (χ0) is 10.7. The molecule has 2 rings (SSSR count). The molecule has 88 valence electrons. The highest BCUT2D eigenvalue weighted by Crippen LogP contribution is 2.32.